The van der Waals surface area contributed by atoms with Gasteiger partial charge in [0.15, 0.2) is 0 Å². The quantitative estimate of drug-likeness (QED) is 0.916. The van der Waals surface area contributed by atoms with Crippen molar-refractivity contribution in [1.82, 2.24) is 10.2 Å². The minimum absolute atomic E-state index is 0.200. The van der Waals surface area contributed by atoms with Crippen molar-refractivity contribution in [3.8, 4) is 0 Å². The maximum atomic E-state index is 11.8. The molecule has 2 aliphatic rings. The van der Waals surface area contributed by atoms with Gasteiger partial charge in [-0.2, -0.15) is 0 Å². The normalized spacial score (nSPS) is 25.8. The Morgan fingerprint density at radius 2 is 1.95 bits per heavy atom. The Bertz CT molecular complexity index is 451. The minimum atomic E-state index is -0.200. The molecule has 1 saturated carbocycles. The van der Waals surface area contributed by atoms with Gasteiger partial charge in [0.05, 0.1) is 0 Å². The number of rotatable bonds is 4. The summed E-state index contributed by atoms with van der Waals surface area (Å²) in [5.41, 5.74) is 1.03. The summed E-state index contributed by atoms with van der Waals surface area (Å²) in [7, 11) is 0. The number of benzene rings is 1. The number of nitrogens with one attached hydrogen (secondary N) is 1. The molecule has 0 atom stereocenters. The van der Waals surface area contributed by atoms with E-state index in [1.807, 2.05) is 30.3 Å². The summed E-state index contributed by atoms with van der Waals surface area (Å²) in [4.78, 5) is 13.6. The number of amides is 1. The first-order chi connectivity index (χ1) is 9.70. The fourth-order valence-corrected chi connectivity index (χ4v) is 2.92. The van der Waals surface area contributed by atoms with Gasteiger partial charge in [-0.25, -0.2) is 4.79 Å². The Morgan fingerprint density at radius 3 is 2.60 bits per heavy atom. The monoisotopic (exact) mass is 274 g/mol. The molecule has 20 heavy (non-hydrogen) atoms. The highest BCUT2D eigenvalue weighted by Gasteiger charge is 2.35. The van der Waals surface area contributed by atoms with Crippen LogP contribution in [0.3, 0.4) is 0 Å². The van der Waals surface area contributed by atoms with E-state index >= 15 is 0 Å². The fraction of sp³-hybridized carbons (Fsp3) is 0.562. The Kier molecular flexibility index (Phi) is 3.92. The molecule has 0 aromatic heterocycles. The Labute approximate surface area is 120 Å². The molecule has 0 unspecified atom stereocenters. The van der Waals surface area contributed by atoms with Crippen LogP contribution in [0.1, 0.15) is 25.3 Å². The number of hydrogen-bond acceptors (Lipinski definition) is 3. The summed E-state index contributed by atoms with van der Waals surface area (Å²) in [5, 5.41) is 3.59. The zero-order valence-corrected chi connectivity index (χ0v) is 11.9. The van der Waals surface area contributed by atoms with E-state index in [4.69, 9.17) is 4.74 Å². The van der Waals surface area contributed by atoms with Crippen LogP contribution in [0.5, 0.6) is 0 Å². The molecule has 1 heterocycles. The van der Waals surface area contributed by atoms with Crippen LogP contribution in [0.15, 0.2) is 30.3 Å². The molecule has 0 spiro atoms. The molecular formula is C16H22N2O2. The molecule has 1 aromatic rings. The summed E-state index contributed by atoms with van der Waals surface area (Å²) in [6, 6.07) is 10.9. The fourth-order valence-electron chi connectivity index (χ4n) is 2.92. The van der Waals surface area contributed by atoms with Gasteiger partial charge in [-0.1, -0.05) is 37.3 Å². The van der Waals surface area contributed by atoms with Crippen LogP contribution in [0, 0.1) is 5.92 Å². The molecule has 3 rings (SSSR count). The van der Waals surface area contributed by atoms with Gasteiger partial charge in [0, 0.05) is 25.2 Å². The first kappa shape index (κ1) is 13.4. The first-order valence-corrected chi connectivity index (χ1v) is 7.42. The van der Waals surface area contributed by atoms with Crippen LogP contribution in [0.25, 0.3) is 0 Å². The largest absolute Gasteiger partial charge is 0.445 e. The summed E-state index contributed by atoms with van der Waals surface area (Å²) in [6.45, 7) is 4.19. The lowest BCUT2D eigenvalue weighted by Gasteiger charge is -2.44. The minimum Gasteiger partial charge on any atom is -0.445 e. The predicted octanol–water partition coefficient (Wildman–Crippen LogP) is 2.40. The summed E-state index contributed by atoms with van der Waals surface area (Å²) < 4.78 is 5.30. The van der Waals surface area contributed by atoms with Crippen molar-refractivity contribution in [2.45, 2.75) is 38.5 Å². The molecule has 108 valence electrons. The second-order valence-electron chi connectivity index (χ2n) is 6.08. The Morgan fingerprint density at radius 1 is 1.25 bits per heavy atom. The van der Waals surface area contributed by atoms with Crippen molar-refractivity contribution >= 4 is 6.09 Å². The molecule has 4 heteroatoms. The number of carbonyl (C=O) groups excluding carboxylic acids is 1. The van der Waals surface area contributed by atoms with Crippen LogP contribution in [-0.2, 0) is 11.3 Å². The first-order valence-electron chi connectivity index (χ1n) is 7.42. The molecule has 1 saturated heterocycles. The molecule has 4 nitrogen and oxygen atoms in total. The third kappa shape index (κ3) is 3.12. The highest BCUT2D eigenvalue weighted by molar-refractivity contribution is 5.68. The van der Waals surface area contributed by atoms with Crippen molar-refractivity contribution in [2.24, 2.45) is 5.92 Å². The van der Waals surface area contributed by atoms with Crippen molar-refractivity contribution < 1.29 is 9.53 Å². The lowest BCUT2D eigenvalue weighted by atomic mass is 9.81. The Balaban J connectivity index is 1.34. The number of ether oxygens (including phenoxy) is 1. The van der Waals surface area contributed by atoms with Crippen LogP contribution < -0.4 is 5.32 Å². The maximum Gasteiger partial charge on any atom is 0.410 e. The molecule has 1 aliphatic carbocycles. The van der Waals surface area contributed by atoms with E-state index in [0.717, 1.165) is 24.6 Å². The Hall–Kier alpha value is -1.55. The van der Waals surface area contributed by atoms with Gasteiger partial charge in [0.2, 0.25) is 0 Å². The summed E-state index contributed by atoms with van der Waals surface area (Å²) >= 11 is 0. The van der Waals surface area contributed by atoms with Crippen molar-refractivity contribution in [2.75, 3.05) is 13.1 Å². The van der Waals surface area contributed by atoms with Crippen molar-refractivity contribution in [1.29, 1.82) is 0 Å². The van der Waals surface area contributed by atoms with Crippen molar-refractivity contribution in [3.63, 3.8) is 0 Å². The van der Waals surface area contributed by atoms with Gasteiger partial charge in [0.25, 0.3) is 0 Å². The van der Waals surface area contributed by atoms with Gasteiger partial charge < -0.3 is 15.0 Å². The zero-order valence-electron chi connectivity index (χ0n) is 11.9. The van der Waals surface area contributed by atoms with Gasteiger partial charge in [-0.05, 0) is 24.3 Å². The molecule has 1 aliphatic heterocycles. The van der Waals surface area contributed by atoms with E-state index in [0.29, 0.717) is 18.7 Å². The number of likely N-dealkylation sites (tertiary alicyclic amines) is 1. The third-order valence-electron chi connectivity index (χ3n) is 4.19. The van der Waals surface area contributed by atoms with Crippen LogP contribution in [0.2, 0.25) is 0 Å². The second-order valence-corrected chi connectivity index (χ2v) is 6.08. The van der Waals surface area contributed by atoms with Gasteiger partial charge in [0.1, 0.15) is 6.61 Å². The molecule has 1 aromatic carbocycles. The van der Waals surface area contributed by atoms with E-state index in [2.05, 4.69) is 12.2 Å². The SMILES string of the molecule is CC1CC(NC2CN(C(=O)OCc3ccccc3)C2)C1. The molecule has 0 bridgehead atoms. The highest BCUT2D eigenvalue weighted by Crippen LogP contribution is 2.27. The average Bonchev–Trinajstić information content (AvgIpc) is 2.38. The zero-order chi connectivity index (χ0) is 13.9. The predicted molar refractivity (Wildman–Crippen MR) is 77.3 cm³/mol. The molecule has 0 radical (unpaired) electrons. The van der Waals surface area contributed by atoms with E-state index in [1.165, 1.54) is 12.8 Å². The van der Waals surface area contributed by atoms with E-state index in [-0.39, 0.29) is 6.09 Å². The van der Waals surface area contributed by atoms with Gasteiger partial charge >= 0.3 is 6.09 Å². The van der Waals surface area contributed by atoms with Crippen LogP contribution >= 0.6 is 0 Å². The van der Waals surface area contributed by atoms with Crippen LogP contribution in [0.4, 0.5) is 4.79 Å². The lowest BCUT2D eigenvalue weighted by molar-refractivity contribution is 0.0517. The highest BCUT2D eigenvalue weighted by atomic mass is 16.6. The third-order valence-corrected chi connectivity index (χ3v) is 4.19. The molecular weight excluding hydrogens is 252 g/mol. The maximum absolute atomic E-state index is 11.8. The smallest absolute Gasteiger partial charge is 0.410 e. The number of carbonyl (C=O) groups is 1. The molecule has 1 N–H and O–H groups in total. The van der Waals surface area contributed by atoms with E-state index < -0.39 is 0 Å². The number of nitrogens with zero attached hydrogens (tertiary/aromatic N) is 1. The summed E-state index contributed by atoms with van der Waals surface area (Å²) in [6.07, 6.45) is 2.35. The van der Waals surface area contributed by atoms with Gasteiger partial charge in [-0.3, -0.25) is 0 Å². The van der Waals surface area contributed by atoms with E-state index in [1.54, 1.807) is 4.90 Å². The van der Waals surface area contributed by atoms with Crippen LogP contribution in [-0.4, -0.2) is 36.2 Å². The number of hydrogen-bond donors (Lipinski definition) is 1. The van der Waals surface area contributed by atoms with Crippen molar-refractivity contribution in [3.05, 3.63) is 35.9 Å². The topological polar surface area (TPSA) is 41.6 Å². The lowest BCUT2D eigenvalue weighted by Crippen LogP contribution is -2.63. The molecule has 1 amide bonds. The molecule has 2 fully saturated rings. The van der Waals surface area contributed by atoms with Gasteiger partial charge in [-0.15, -0.1) is 0 Å². The van der Waals surface area contributed by atoms with E-state index in [9.17, 15) is 4.79 Å². The standard InChI is InChI=1S/C16H22N2O2/c1-12-7-14(8-12)17-15-9-18(10-15)16(19)20-11-13-5-3-2-4-6-13/h2-6,12,14-15,17H,7-11H2,1H3. The summed E-state index contributed by atoms with van der Waals surface area (Å²) in [5.74, 6) is 0.861. The average molecular weight is 274 g/mol. The second kappa shape index (κ2) is 5.83.